The SMILES string of the molecule is Fc1ccc(N2CCCc3oc(-c4ccccn4)nc3C2)cc1Cl. The maximum Gasteiger partial charge on any atom is 0.245 e. The van der Waals surface area contributed by atoms with Crippen molar-refractivity contribution in [2.45, 2.75) is 19.4 Å². The van der Waals surface area contributed by atoms with Gasteiger partial charge in [0.25, 0.3) is 0 Å². The van der Waals surface area contributed by atoms with Crippen molar-refractivity contribution < 1.29 is 8.81 Å². The summed E-state index contributed by atoms with van der Waals surface area (Å²) in [5, 5.41) is 0.131. The molecule has 24 heavy (non-hydrogen) atoms. The van der Waals surface area contributed by atoms with Crippen molar-refractivity contribution in [3.8, 4) is 11.6 Å². The van der Waals surface area contributed by atoms with E-state index in [9.17, 15) is 4.39 Å². The van der Waals surface area contributed by atoms with Crippen LogP contribution in [0.3, 0.4) is 0 Å². The minimum atomic E-state index is -0.408. The van der Waals surface area contributed by atoms with Gasteiger partial charge >= 0.3 is 0 Å². The molecule has 0 bridgehead atoms. The third kappa shape index (κ3) is 2.87. The Balaban J connectivity index is 1.65. The van der Waals surface area contributed by atoms with Crippen LogP contribution in [0.2, 0.25) is 5.02 Å². The minimum Gasteiger partial charge on any atom is -0.440 e. The molecule has 0 spiro atoms. The van der Waals surface area contributed by atoms with Crippen molar-refractivity contribution in [3.63, 3.8) is 0 Å². The van der Waals surface area contributed by atoms with E-state index >= 15 is 0 Å². The molecule has 2 aromatic heterocycles. The summed E-state index contributed by atoms with van der Waals surface area (Å²) in [6.07, 6.45) is 3.47. The molecule has 0 radical (unpaired) electrons. The van der Waals surface area contributed by atoms with Gasteiger partial charge < -0.3 is 9.32 Å². The fourth-order valence-electron chi connectivity index (χ4n) is 2.89. The standard InChI is InChI=1S/C18H15ClFN3O/c19-13-10-12(6-7-14(13)20)23-9-3-5-17-16(11-23)22-18(24-17)15-4-1-2-8-21-15/h1-2,4,6-8,10H,3,5,9,11H2. The monoisotopic (exact) mass is 343 g/mol. The Labute approximate surface area is 143 Å². The van der Waals surface area contributed by atoms with E-state index in [-0.39, 0.29) is 5.02 Å². The fourth-order valence-corrected chi connectivity index (χ4v) is 3.07. The molecule has 0 fully saturated rings. The van der Waals surface area contributed by atoms with Crippen molar-refractivity contribution in [1.82, 2.24) is 9.97 Å². The lowest BCUT2D eigenvalue weighted by atomic mass is 10.2. The van der Waals surface area contributed by atoms with Gasteiger partial charge in [0.2, 0.25) is 5.89 Å². The topological polar surface area (TPSA) is 42.2 Å². The second-order valence-electron chi connectivity index (χ2n) is 5.73. The maximum atomic E-state index is 13.4. The molecule has 0 aliphatic carbocycles. The van der Waals surface area contributed by atoms with Crippen LogP contribution in [0, 0.1) is 5.82 Å². The fraction of sp³-hybridized carbons (Fsp3) is 0.222. The summed E-state index contributed by atoms with van der Waals surface area (Å²) in [5.74, 6) is 1.03. The second kappa shape index (κ2) is 6.24. The lowest BCUT2D eigenvalue weighted by Gasteiger charge is -2.22. The molecule has 0 unspecified atom stereocenters. The molecule has 0 N–H and O–H groups in total. The van der Waals surface area contributed by atoms with Gasteiger partial charge in [0.05, 0.1) is 11.6 Å². The normalized spacial score (nSPS) is 14.3. The van der Waals surface area contributed by atoms with Crippen molar-refractivity contribution in [1.29, 1.82) is 0 Å². The molecule has 0 saturated carbocycles. The molecule has 0 amide bonds. The third-order valence-corrected chi connectivity index (χ3v) is 4.39. The largest absolute Gasteiger partial charge is 0.440 e. The predicted octanol–water partition coefficient (Wildman–Crippen LogP) is 4.48. The van der Waals surface area contributed by atoms with Gasteiger partial charge in [0.1, 0.15) is 23.0 Å². The molecule has 6 heteroatoms. The van der Waals surface area contributed by atoms with Crippen LogP contribution < -0.4 is 4.90 Å². The van der Waals surface area contributed by atoms with Gasteiger partial charge in [-0.15, -0.1) is 0 Å². The molecule has 3 heterocycles. The molecule has 0 atom stereocenters. The number of pyridine rings is 1. The van der Waals surface area contributed by atoms with Gasteiger partial charge in [-0.25, -0.2) is 9.37 Å². The summed E-state index contributed by atoms with van der Waals surface area (Å²) in [6.45, 7) is 1.44. The second-order valence-corrected chi connectivity index (χ2v) is 6.13. The number of oxazole rings is 1. The smallest absolute Gasteiger partial charge is 0.245 e. The first-order chi connectivity index (χ1) is 11.7. The number of hydrogen-bond donors (Lipinski definition) is 0. The Bertz CT molecular complexity index is 866. The highest BCUT2D eigenvalue weighted by Gasteiger charge is 2.22. The van der Waals surface area contributed by atoms with Gasteiger partial charge in [-0.3, -0.25) is 4.98 Å². The molecule has 1 aliphatic rings. The summed E-state index contributed by atoms with van der Waals surface area (Å²) in [4.78, 5) is 11.0. The number of fused-ring (bicyclic) bond motifs is 1. The first kappa shape index (κ1) is 15.1. The Kier molecular flexibility index (Phi) is 3.94. The zero-order valence-electron chi connectivity index (χ0n) is 12.9. The van der Waals surface area contributed by atoms with Gasteiger partial charge in [0.15, 0.2) is 0 Å². The first-order valence-electron chi connectivity index (χ1n) is 7.81. The number of aryl methyl sites for hydroxylation is 1. The highest BCUT2D eigenvalue weighted by Crippen LogP contribution is 2.29. The summed E-state index contributed by atoms with van der Waals surface area (Å²) < 4.78 is 19.3. The van der Waals surface area contributed by atoms with E-state index in [0.717, 1.165) is 42.2 Å². The number of anilines is 1. The molecular formula is C18H15ClFN3O. The van der Waals surface area contributed by atoms with E-state index in [0.29, 0.717) is 12.4 Å². The van der Waals surface area contributed by atoms with E-state index < -0.39 is 5.82 Å². The van der Waals surface area contributed by atoms with Crippen LogP contribution in [0.25, 0.3) is 11.6 Å². The van der Waals surface area contributed by atoms with Crippen molar-refractivity contribution in [2.75, 3.05) is 11.4 Å². The summed E-state index contributed by atoms with van der Waals surface area (Å²) in [7, 11) is 0. The molecular weight excluding hydrogens is 329 g/mol. The van der Waals surface area contributed by atoms with Crippen LogP contribution in [0.1, 0.15) is 17.9 Å². The van der Waals surface area contributed by atoms with Gasteiger partial charge in [-0.05, 0) is 36.8 Å². The zero-order valence-corrected chi connectivity index (χ0v) is 13.6. The summed E-state index contributed by atoms with van der Waals surface area (Å²) >= 11 is 5.91. The number of hydrogen-bond acceptors (Lipinski definition) is 4. The van der Waals surface area contributed by atoms with Crippen molar-refractivity contribution >= 4 is 17.3 Å². The first-order valence-corrected chi connectivity index (χ1v) is 8.18. The van der Waals surface area contributed by atoms with E-state index in [1.165, 1.54) is 6.07 Å². The summed E-state index contributed by atoms with van der Waals surface area (Å²) in [5.41, 5.74) is 2.51. The average Bonchev–Trinajstić information content (AvgIpc) is 2.90. The lowest BCUT2D eigenvalue weighted by Crippen LogP contribution is -2.22. The van der Waals surface area contributed by atoms with Crippen LogP contribution in [0.5, 0.6) is 0 Å². The number of aromatic nitrogens is 2. The van der Waals surface area contributed by atoms with E-state index in [4.69, 9.17) is 16.0 Å². The molecule has 122 valence electrons. The average molecular weight is 344 g/mol. The van der Waals surface area contributed by atoms with Gasteiger partial charge in [-0.2, -0.15) is 0 Å². The Morgan fingerprint density at radius 3 is 2.92 bits per heavy atom. The number of nitrogens with zero attached hydrogens (tertiary/aromatic N) is 3. The van der Waals surface area contributed by atoms with Crippen LogP contribution in [0.15, 0.2) is 47.0 Å². The van der Waals surface area contributed by atoms with Gasteiger partial charge in [0, 0.05) is 24.8 Å². The van der Waals surface area contributed by atoms with Crippen molar-refractivity contribution in [2.24, 2.45) is 0 Å². The highest BCUT2D eigenvalue weighted by atomic mass is 35.5. The van der Waals surface area contributed by atoms with Crippen LogP contribution >= 0.6 is 11.6 Å². The Morgan fingerprint density at radius 1 is 1.21 bits per heavy atom. The number of halogens is 2. The van der Waals surface area contributed by atoms with E-state index in [1.807, 2.05) is 18.2 Å². The highest BCUT2D eigenvalue weighted by molar-refractivity contribution is 6.31. The lowest BCUT2D eigenvalue weighted by molar-refractivity contribution is 0.511. The number of rotatable bonds is 2. The van der Waals surface area contributed by atoms with Crippen molar-refractivity contribution in [3.05, 3.63) is 64.9 Å². The van der Waals surface area contributed by atoms with Crippen LogP contribution in [-0.2, 0) is 13.0 Å². The summed E-state index contributed by atoms with van der Waals surface area (Å²) in [6, 6.07) is 10.4. The minimum absolute atomic E-state index is 0.131. The van der Waals surface area contributed by atoms with E-state index in [2.05, 4.69) is 14.9 Å². The van der Waals surface area contributed by atoms with Crippen LogP contribution in [0.4, 0.5) is 10.1 Å². The quantitative estimate of drug-likeness (QED) is 0.688. The Hall–Kier alpha value is -2.40. The molecule has 1 aliphatic heterocycles. The Morgan fingerprint density at radius 2 is 2.12 bits per heavy atom. The van der Waals surface area contributed by atoms with Crippen LogP contribution in [-0.4, -0.2) is 16.5 Å². The predicted molar refractivity (Wildman–Crippen MR) is 90.5 cm³/mol. The molecule has 0 saturated heterocycles. The zero-order chi connectivity index (χ0) is 16.5. The maximum absolute atomic E-state index is 13.4. The molecule has 3 aromatic rings. The van der Waals surface area contributed by atoms with E-state index in [1.54, 1.807) is 18.3 Å². The molecule has 4 nitrogen and oxygen atoms in total. The molecule has 4 rings (SSSR count). The van der Waals surface area contributed by atoms with Gasteiger partial charge in [-0.1, -0.05) is 17.7 Å². The third-order valence-electron chi connectivity index (χ3n) is 4.10. The molecule has 1 aromatic carbocycles. The number of benzene rings is 1.